The molecule has 0 saturated carbocycles. The van der Waals surface area contributed by atoms with Crippen LogP contribution in [0.2, 0.25) is 0 Å². The first kappa shape index (κ1) is 11.8. The molecule has 19 heavy (non-hydrogen) atoms. The molecule has 0 unspecified atom stereocenters. The summed E-state index contributed by atoms with van der Waals surface area (Å²) in [6, 6.07) is 6.23. The van der Waals surface area contributed by atoms with Crippen LogP contribution in [0.25, 0.3) is 21.9 Å². The van der Waals surface area contributed by atoms with Crippen LogP contribution >= 0.6 is 0 Å². The number of pyridine rings is 1. The SMILES string of the molecule is CC(C)c1nc(N)c2cc3cc(F)ccc3nc2n1. The van der Waals surface area contributed by atoms with Crippen LogP contribution in [0.1, 0.15) is 25.6 Å². The Labute approximate surface area is 109 Å². The van der Waals surface area contributed by atoms with Crippen molar-refractivity contribution in [3.63, 3.8) is 0 Å². The summed E-state index contributed by atoms with van der Waals surface area (Å²) in [6.45, 7) is 3.99. The van der Waals surface area contributed by atoms with Crippen LogP contribution in [0.5, 0.6) is 0 Å². The smallest absolute Gasteiger partial charge is 0.165 e. The van der Waals surface area contributed by atoms with Crippen molar-refractivity contribution in [2.24, 2.45) is 0 Å². The molecule has 0 amide bonds. The first-order chi connectivity index (χ1) is 9.04. The zero-order valence-corrected chi connectivity index (χ0v) is 10.7. The largest absolute Gasteiger partial charge is 0.383 e. The van der Waals surface area contributed by atoms with Gasteiger partial charge in [-0.2, -0.15) is 0 Å². The van der Waals surface area contributed by atoms with E-state index in [1.165, 1.54) is 12.1 Å². The summed E-state index contributed by atoms with van der Waals surface area (Å²) in [5.74, 6) is 0.927. The van der Waals surface area contributed by atoms with Crippen LogP contribution in [0.4, 0.5) is 10.2 Å². The van der Waals surface area contributed by atoms with E-state index in [0.29, 0.717) is 33.6 Å². The summed E-state index contributed by atoms with van der Waals surface area (Å²) in [5, 5.41) is 1.35. The fourth-order valence-electron chi connectivity index (χ4n) is 1.99. The monoisotopic (exact) mass is 256 g/mol. The Morgan fingerprint density at radius 2 is 1.89 bits per heavy atom. The van der Waals surface area contributed by atoms with E-state index in [0.717, 1.165) is 0 Å². The van der Waals surface area contributed by atoms with Gasteiger partial charge in [0.2, 0.25) is 0 Å². The summed E-state index contributed by atoms with van der Waals surface area (Å²) in [7, 11) is 0. The van der Waals surface area contributed by atoms with Crippen molar-refractivity contribution < 1.29 is 4.39 Å². The first-order valence-corrected chi connectivity index (χ1v) is 6.08. The summed E-state index contributed by atoms with van der Waals surface area (Å²) < 4.78 is 13.2. The standard InChI is InChI=1S/C14H13FN4/c1-7(2)13-18-12(16)10-6-8-5-9(15)3-4-11(8)17-14(10)19-13/h3-7H,1-2H3,(H2,16,17,18,19). The zero-order valence-electron chi connectivity index (χ0n) is 10.7. The minimum atomic E-state index is -0.299. The molecule has 0 aliphatic carbocycles. The average molecular weight is 256 g/mol. The van der Waals surface area contributed by atoms with Gasteiger partial charge < -0.3 is 5.73 Å². The van der Waals surface area contributed by atoms with Gasteiger partial charge in [0, 0.05) is 11.3 Å². The van der Waals surface area contributed by atoms with Crippen molar-refractivity contribution in [1.29, 1.82) is 0 Å². The molecule has 0 fully saturated rings. The molecule has 96 valence electrons. The van der Waals surface area contributed by atoms with Crippen LogP contribution in [0.3, 0.4) is 0 Å². The highest BCUT2D eigenvalue weighted by molar-refractivity contribution is 5.95. The summed E-state index contributed by atoms with van der Waals surface area (Å²) in [4.78, 5) is 13.1. The van der Waals surface area contributed by atoms with Crippen molar-refractivity contribution in [2.75, 3.05) is 5.73 Å². The van der Waals surface area contributed by atoms with E-state index in [2.05, 4.69) is 15.0 Å². The van der Waals surface area contributed by atoms with Gasteiger partial charge in [-0.25, -0.2) is 19.3 Å². The Hall–Kier alpha value is -2.30. The summed E-state index contributed by atoms with van der Waals surface area (Å²) in [5.41, 5.74) is 7.19. The van der Waals surface area contributed by atoms with Crippen molar-refractivity contribution in [1.82, 2.24) is 15.0 Å². The Morgan fingerprint density at radius 1 is 1.11 bits per heavy atom. The van der Waals surface area contributed by atoms with Crippen LogP contribution < -0.4 is 5.73 Å². The van der Waals surface area contributed by atoms with E-state index in [-0.39, 0.29) is 11.7 Å². The van der Waals surface area contributed by atoms with Gasteiger partial charge in [-0.1, -0.05) is 13.8 Å². The minimum absolute atomic E-state index is 0.178. The Balaban J connectivity index is 2.37. The highest BCUT2D eigenvalue weighted by Crippen LogP contribution is 2.24. The van der Waals surface area contributed by atoms with Crippen LogP contribution in [-0.2, 0) is 0 Å². The second kappa shape index (κ2) is 4.12. The van der Waals surface area contributed by atoms with Gasteiger partial charge in [0.15, 0.2) is 5.65 Å². The number of anilines is 1. The molecule has 0 atom stereocenters. The highest BCUT2D eigenvalue weighted by Gasteiger charge is 2.10. The maximum Gasteiger partial charge on any atom is 0.165 e. The number of hydrogen-bond donors (Lipinski definition) is 1. The Kier molecular flexibility index (Phi) is 2.55. The molecule has 0 aliphatic heterocycles. The predicted octanol–water partition coefficient (Wildman–Crippen LogP) is 3.02. The third-order valence-electron chi connectivity index (χ3n) is 3.00. The molecule has 0 saturated heterocycles. The lowest BCUT2D eigenvalue weighted by Gasteiger charge is -2.08. The molecule has 0 aliphatic rings. The molecule has 2 aromatic heterocycles. The quantitative estimate of drug-likeness (QED) is 0.680. The molecule has 2 heterocycles. The van der Waals surface area contributed by atoms with Gasteiger partial charge in [-0.05, 0) is 24.3 Å². The van der Waals surface area contributed by atoms with E-state index < -0.39 is 0 Å². The van der Waals surface area contributed by atoms with Crippen molar-refractivity contribution in [3.05, 3.63) is 35.9 Å². The van der Waals surface area contributed by atoms with Crippen LogP contribution in [-0.4, -0.2) is 15.0 Å². The van der Waals surface area contributed by atoms with Crippen LogP contribution in [0.15, 0.2) is 24.3 Å². The molecular formula is C14H13FN4. The fourth-order valence-corrected chi connectivity index (χ4v) is 1.99. The highest BCUT2D eigenvalue weighted by atomic mass is 19.1. The second-order valence-corrected chi connectivity index (χ2v) is 4.82. The maximum atomic E-state index is 13.2. The second-order valence-electron chi connectivity index (χ2n) is 4.82. The van der Waals surface area contributed by atoms with E-state index in [9.17, 15) is 4.39 Å². The summed E-state index contributed by atoms with van der Waals surface area (Å²) >= 11 is 0. The van der Waals surface area contributed by atoms with Gasteiger partial charge in [0.1, 0.15) is 17.5 Å². The first-order valence-electron chi connectivity index (χ1n) is 6.08. The number of halogens is 1. The predicted molar refractivity (Wildman–Crippen MR) is 73.3 cm³/mol. The number of nitrogen functional groups attached to an aromatic ring is 1. The molecule has 1 aromatic carbocycles. The Morgan fingerprint density at radius 3 is 2.63 bits per heavy atom. The van der Waals surface area contributed by atoms with Gasteiger partial charge >= 0.3 is 0 Å². The zero-order chi connectivity index (χ0) is 13.6. The molecule has 0 radical (unpaired) electrons. The molecule has 0 bridgehead atoms. The molecule has 2 N–H and O–H groups in total. The van der Waals surface area contributed by atoms with Crippen molar-refractivity contribution in [2.45, 2.75) is 19.8 Å². The number of fused-ring (bicyclic) bond motifs is 2. The third-order valence-corrected chi connectivity index (χ3v) is 3.00. The van der Waals surface area contributed by atoms with Crippen LogP contribution in [0, 0.1) is 5.82 Å². The van der Waals surface area contributed by atoms with Gasteiger partial charge in [-0.3, -0.25) is 0 Å². The van der Waals surface area contributed by atoms with Crippen molar-refractivity contribution in [3.8, 4) is 0 Å². The Bertz CT molecular complexity index is 783. The number of nitrogens with zero attached hydrogens (tertiary/aromatic N) is 3. The molecular weight excluding hydrogens is 243 g/mol. The lowest BCUT2D eigenvalue weighted by atomic mass is 10.1. The molecule has 5 heteroatoms. The summed E-state index contributed by atoms with van der Waals surface area (Å²) in [6.07, 6.45) is 0. The lowest BCUT2D eigenvalue weighted by Crippen LogP contribution is -2.03. The average Bonchev–Trinajstić information content (AvgIpc) is 2.36. The van der Waals surface area contributed by atoms with E-state index in [4.69, 9.17) is 5.73 Å². The normalized spacial score (nSPS) is 11.6. The van der Waals surface area contributed by atoms with E-state index in [1.807, 2.05) is 13.8 Å². The topological polar surface area (TPSA) is 64.7 Å². The van der Waals surface area contributed by atoms with Gasteiger partial charge in [-0.15, -0.1) is 0 Å². The maximum absolute atomic E-state index is 13.2. The van der Waals surface area contributed by atoms with Crippen molar-refractivity contribution >= 4 is 27.8 Å². The van der Waals surface area contributed by atoms with E-state index in [1.54, 1.807) is 12.1 Å². The van der Waals surface area contributed by atoms with Gasteiger partial charge in [0.25, 0.3) is 0 Å². The number of rotatable bonds is 1. The minimum Gasteiger partial charge on any atom is -0.383 e. The lowest BCUT2D eigenvalue weighted by molar-refractivity contribution is 0.629. The molecule has 3 rings (SSSR count). The number of nitrogens with two attached hydrogens (primary N) is 1. The number of benzene rings is 1. The molecule has 4 nitrogen and oxygen atoms in total. The number of hydrogen-bond acceptors (Lipinski definition) is 4. The third kappa shape index (κ3) is 1.97. The fraction of sp³-hybridized carbons (Fsp3) is 0.214. The molecule has 3 aromatic rings. The number of aromatic nitrogens is 3. The van der Waals surface area contributed by atoms with Gasteiger partial charge in [0.05, 0.1) is 10.9 Å². The molecule has 0 spiro atoms. The van der Waals surface area contributed by atoms with E-state index >= 15 is 0 Å².